The van der Waals surface area contributed by atoms with Crippen LogP contribution in [-0.4, -0.2) is 25.4 Å². The third-order valence-corrected chi connectivity index (χ3v) is 4.13. The maximum Gasteiger partial charge on any atom is 0.294 e. The number of nitro benzene ring substituents is 2. The van der Waals surface area contributed by atoms with Crippen LogP contribution in [0.4, 0.5) is 11.4 Å². The van der Waals surface area contributed by atoms with E-state index in [0.717, 1.165) is 18.2 Å². The molecule has 0 N–H and O–H groups in total. The molecular weight excluding hydrogens is 442 g/mol. The molecule has 0 heterocycles. The third-order valence-electron chi connectivity index (χ3n) is 2.83. The average Bonchev–Trinajstić information content (AvgIpc) is 2.44. The molecule has 126 valence electrons. The van der Waals surface area contributed by atoms with Gasteiger partial charge in [-0.2, -0.15) is 0 Å². The predicted molar refractivity (Wildman–Crippen MR) is 87.3 cm³/mol. The number of non-ortho nitro benzene ring substituents is 2. The fourth-order valence-electron chi connectivity index (χ4n) is 1.85. The van der Waals surface area contributed by atoms with Crippen molar-refractivity contribution in [3.8, 4) is 0 Å². The van der Waals surface area contributed by atoms with Crippen molar-refractivity contribution in [2.75, 3.05) is 5.33 Å². The number of carbonyl (C=O) groups excluding carboxylic acids is 1. The van der Waals surface area contributed by atoms with Crippen LogP contribution in [0.5, 0.6) is 0 Å². The van der Waals surface area contributed by atoms with Crippen LogP contribution < -0.4 is 0 Å². The molecule has 12 heteroatoms. The van der Waals surface area contributed by atoms with E-state index in [1.165, 1.54) is 0 Å². The lowest BCUT2D eigenvalue weighted by atomic mass is 9.91. The van der Waals surface area contributed by atoms with E-state index < -0.39 is 30.6 Å². The first-order chi connectivity index (χ1) is 10.5. The summed E-state index contributed by atoms with van der Waals surface area (Å²) >= 11 is 20.3. The van der Waals surface area contributed by atoms with Crippen LogP contribution in [0.1, 0.15) is 12.0 Å². The van der Waals surface area contributed by atoms with Gasteiger partial charge in [-0.25, -0.2) is 0 Å². The number of nitro groups is 2. The summed E-state index contributed by atoms with van der Waals surface area (Å²) in [6.07, 6.45) is -0.382. The summed E-state index contributed by atoms with van der Waals surface area (Å²) in [4.78, 5) is 31.1. The number of benzene rings is 1. The maximum absolute atomic E-state index is 11.0. The van der Waals surface area contributed by atoms with Crippen LogP contribution in [0, 0.1) is 20.2 Å². The van der Waals surface area contributed by atoms with Gasteiger partial charge in [0.25, 0.3) is 17.8 Å². The van der Waals surface area contributed by atoms with Gasteiger partial charge in [0.15, 0.2) is 9.39 Å². The Kier molecular flexibility index (Phi) is 6.58. The van der Waals surface area contributed by atoms with Gasteiger partial charge < -0.3 is 4.74 Å². The molecule has 0 spiro atoms. The quantitative estimate of drug-likeness (QED) is 0.268. The second kappa shape index (κ2) is 7.61. The van der Waals surface area contributed by atoms with E-state index in [-0.39, 0.29) is 23.8 Å². The van der Waals surface area contributed by atoms with Gasteiger partial charge in [0.1, 0.15) is 0 Å². The zero-order valence-corrected chi connectivity index (χ0v) is 14.9. The van der Waals surface area contributed by atoms with Crippen molar-refractivity contribution < 1.29 is 19.4 Å². The number of nitrogens with zero attached hydrogens (tertiary/aromatic N) is 2. The van der Waals surface area contributed by atoms with E-state index in [2.05, 4.69) is 15.9 Å². The molecule has 0 aliphatic rings. The zero-order valence-electron chi connectivity index (χ0n) is 11.1. The lowest BCUT2D eigenvalue weighted by molar-refractivity contribution is -0.394. The highest BCUT2D eigenvalue weighted by molar-refractivity contribution is 9.09. The van der Waals surface area contributed by atoms with Gasteiger partial charge in [-0.3, -0.25) is 25.0 Å². The molecule has 0 aliphatic carbocycles. The van der Waals surface area contributed by atoms with E-state index in [1.54, 1.807) is 0 Å². The van der Waals surface area contributed by atoms with Crippen LogP contribution in [-0.2, 0) is 15.1 Å². The first-order valence-electron chi connectivity index (χ1n) is 5.73. The fourth-order valence-corrected chi connectivity index (χ4v) is 3.15. The molecule has 1 aromatic carbocycles. The Labute approximate surface area is 153 Å². The maximum atomic E-state index is 11.0. The molecule has 1 unspecified atom stereocenters. The average molecular weight is 450 g/mol. The van der Waals surface area contributed by atoms with E-state index in [0.29, 0.717) is 0 Å². The van der Waals surface area contributed by atoms with Crippen LogP contribution in [0.2, 0.25) is 0 Å². The van der Waals surface area contributed by atoms with Crippen molar-refractivity contribution >= 4 is 68.6 Å². The minimum atomic E-state index is -1.88. The second-order valence-electron chi connectivity index (χ2n) is 4.39. The monoisotopic (exact) mass is 448 g/mol. The molecule has 1 aromatic rings. The Bertz CT molecular complexity index is 606. The number of hydrogen-bond acceptors (Lipinski definition) is 6. The summed E-state index contributed by atoms with van der Waals surface area (Å²) in [5.74, 6) is 0. The van der Waals surface area contributed by atoms with Gasteiger partial charge >= 0.3 is 0 Å². The van der Waals surface area contributed by atoms with Crippen molar-refractivity contribution in [1.29, 1.82) is 0 Å². The van der Waals surface area contributed by atoms with Gasteiger partial charge in [0, 0.05) is 29.4 Å². The lowest BCUT2D eigenvalue weighted by Gasteiger charge is -2.33. The summed E-state index contributed by atoms with van der Waals surface area (Å²) in [6, 6.07) is 2.82. The molecule has 23 heavy (non-hydrogen) atoms. The summed E-state index contributed by atoms with van der Waals surface area (Å²) in [5.41, 5.74) is -2.80. The van der Waals surface area contributed by atoms with Crippen molar-refractivity contribution in [3.05, 3.63) is 44.0 Å². The zero-order chi connectivity index (χ0) is 17.8. The van der Waals surface area contributed by atoms with Crippen molar-refractivity contribution in [2.24, 2.45) is 0 Å². The minimum absolute atomic E-state index is 0.0475. The number of rotatable bonds is 7. The van der Waals surface area contributed by atoms with Crippen molar-refractivity contribution in [2.45, 2.75) is 15.8 Å². The number of halogens is 4. The third kappa shape index (κ3) is 5.17. The first-order valence-corrected chi connectivity index (χ1v) is 7.99. The minimum Gasteiger partial charge on any atom is -0.455 e. The predicted octanol–water partition coefficient (Wildman–Crippen LogP) is 4.03. The molecule has 0 saturated heterocycles. The van der Waals surface area contributed by atoms with Crippen LogP contribution in [0.25, 0.3) is 0 Å². The molecule has 0 radical (unpaired) electrons. The van der Waals surface area contributed by atoms with E-state index in [9.17, 15) is 25.0 Å². The standard InChI is InChI=1S/C11H8BrCl3N2O6/c12-5-10(23-6-18,4-11(13,14)15)7-1-8(16(19)20)3-9(2-7)17(21)22/h1-3,6H,4-5H2. The molecule has 0 amide bonds. The summed E-state index contributed by atoms with van der Waals surface area (Å²) in [5, 5.41) is 21.8. The Morgan fingerprint density at radius 2 is 1.61 bits per heavy atom. The number of carbonyl (C=O) groups is 1. The normalized spacial score (nSPS) is 13.9. The van der Waals surface area contributed by atoms with Gasteiger partial charge in [0.2, 0.25) is 0 Å². The molecule has 1 atom stereocenters. The van der Waals surface area contributed by atoms with E-state index >= 15 is 0 Å². The van der Waals surface area contributed by atoms with Gasteiger partial charge in [-0.1, -0.05) is 50.7 Å². The molecule has 0 aromatic heterocycles. The largest absolute Gasteiger partial charge is 0.455 e. The Balaban J connectivity index is 3.59. The smallest absolute Gasteiger partial charge is 0.294 e. The molecule has 0 bridgehead atoms. The molecule has 0 aliphatic heterocycles. The second-order valence-corrected chi connectivity index (χ2v) is 7.46. The highest BCUT2D eigenvalue weighted by atomic mass is 79.9. The number of hydrogen-bond donors (Lipinski definition) is 0. The first kappa shape index (κ1) is 19.9. The molecule has 0 saturated carbocycles. The SMILES string of the molecule is O=COC(CBr)(CC(Cl)(Cl)Cl)c1cc([N+](=O)[O-])cc([N+](=O)[O-])c1. The fraction of sp³-hybridized carbons (Fsp3) is 0.364. The molecular formula is C11H8BrCl3N2O6. The number of ether oxygens (including phenoxy) is 1. The molecule has 8 nitrogen and oxygen atoms in total. The Hall–Kier alpha value is -1.16. The van der Waals surface area contributed by atoms with E-state index in [1.807, 2.05) is 0 Å². The lowest BCUT2D eigenvalue weighted by Crippen LogP contribution is -2.36. The van der Waals surface area contributed by atoms with Gasteiger partial charge in [-0.05, 0) is 0 Å². The number of alkyl halides is 4. The van der Waals surface area contributed by atoms with Gasteiger partial charge in [0.05, 0.1) is 15.9 Å². The highest BCUT2D eigenvalue weighted by Crippen LogP contribution is 2.44. The Morgan fingerprint density at radius 3 is 1.91 bits per heavy atom. The van der Waals surface area contributed by atoms with Crippen molar-refractivity contribution in [3.63, 3.8) is 0 Å². The Morgan fingerprint density at radius 1 is 1.13 bits per heavy atom. The molecule has 0 fully saturated rings. The highest BCUT2D eigenvalue weighted by Gasteiger charge is 2.42. The summed E-state index contributed by atoms with van der Waals surface area (Å²) in [7, 11) is 0. The van der Waals surface area contributed by atoms with Crippen LogP contribution in [0.15, 0.2) is 18.2 Å². The van der Waals surface area contributed by atoms with Crippen LogP contribution in [0.3, 0.4) is 0 Å². The van der Waals surface area contributed by atoms with Crippen LogP contribution >= 0.6 is 50.7 Å². The topological polar surface area (TPSA) is 113 Å². The van der Waals surface area contributed by atoms with Gasteiger partial charge in [-0.15, -0.1) is 0 Å². The van der Waals surface area contributed by atoms with Crippen molar-refractivity contribution in [1.82, 2.24) is 0 Å². The molecule has 1 rings (SSSR count). The van der Waals surface area contributed by atoms with E-state index in [4.69, 9.17) is 39.5 Å². The summed E-state index contributed by atoms with van der Waals surface area (Å²) in [6.45, 7) is 0.0718. The summed E-state index contributed by atoms with van der Waals surface area (Å²) < 4.78 is 3.11.